The van der Waals surface area contributed by atoms with Gasteiger partial charge in [-0.05, 0) is 49.9 Å². The summed E-state index contributed by atoms with van der Waals surface area (Å²) >= 11 is 0. The van der Waals surface area contributed by atoms with E-state index in [0.717, 1.165) is 12.8 Å². The lowest BCUT2D eigenvalue weighted by Gasteiger charge is -2.23. The number of ether oxygens (including phenoxy) is 1. The van der Waals surface area contributed by atoms with E-state index >= 15 is 0 Å². The third-order valence-electron chi connectivity index (χ3n) is 6.83. The quantitative estimate of drug-likeness (QED) is 0.448. The number of rotatable bonds is 2. The number of benzene rings is 1. The summed E-state index contributed by atoms with van der Waals surface area (Å²) in [5.41, 5.74) is 3.80. The van der Waals surface area contributed by atoms with Crippen LogP contribution in [0.2, 0.25) is 0 Å². The Morgan fingerprint density at radius 1 is 0.929 bits per heavy atom. The maximum Gasteiger partial charge on any atom is 0.337 e. The molecule has 3 fully saturated rings. The van der Waals surface area contributed by atoms with Crippen LogP contribution in [0.3, 0.4) is 0 Å². The standard InChI is InChI=1S/C23H23NO4/c1-28-23(27)14-7-9-15(10-8-14)24-21(25)19-16-11-12-17(20(19)22(24)26)18(16)13-5-3-2-4-6-13/h7-12,16-17,19-20H,2-6H2,1H3/t16-,17-,19-,20-/m0/s1. The molecule has 1 saturated heterocycles. The number of carbonyl (C=O) groups excluding carboxylic acids is 3. The minimum Gasteiger partial charge on any atom is -0.465 e. The maximum absolute atomic E-state index is 13.2. The van der Waals surface area contributed by atoms with Crippen molar-refractivity contribution in [3.8, 4) is 0 Å². The lowest BCUT2D eigenvalue weighted by atomic mass is 9.85. The van der Waals surface area contributed by atoms with Gasteiger partial charge >= 0.3 is 5.97 Å². The number of fused-ring (bicyclic) bond motifs is 5. The molecule has 2 saturated carbocycles. The van der Waals surface area contributed by atoms with Crippen LogP contribution < -0.4 is 4.90 Å². The van der Waals surface area contributed by atoms with Gasteiger partial charge in [0.2, 0.25) is 11.8 Å². The summed E-state index contributed by atoms with van der Waals surface area (Å²) in [6.45, 7) is 0. The van der Waals surface area contributed by atoms with Gasteiger partial charge in [0, 0.05) is 11.8 Å². The molecule has 5 nitrogen and oxygen atoms in total. The molecule has 1 aromatic rings. The van der Waals surface area contributed by atoms with Crippen molar-refractivity contribution in [2.45, 2.75) is 32.1 Å². The Morgan fingerprint density at radius 3 is 2.04 bits per heavy atom. The van der Waals surface area contributed by atoms with Crippen LogP contribution in [0.1, 0.15) is 42.5 Å². The Kier molecular flexibility index (Phi) is 4.00. The van der Waals surface area contributed by atoms with Crippen molar-refractivity contribution in [2.24, 2.45) is 23.7 Å². The maximum atomic E-state index is 13.2. The van der Waals surface area contributed by atoms with Crippen LogP contribution in [0.4, 0.5) is 5.69 Å². The Morgan fingerprint density at radius 2 is 1.50 bits per heavy atom. The van der Waals surface area contributed by atoms with Gasteiger partial charge in [-0.2, -0.15) is 0 Å². The molecule has 2 amide bonds. The third-order valence-corrected chi connectivity index (χ3v) is 6.83. The van der Waals surface area contributed by atoms with E-state index in [4.69, 9.17) is 4.74 Å². The molecule has 0 aromatic heterocycles. The normalized spacial score (nSPS) is 31.0. The van der Waals surface area contributed by atoms with E-state index in [9.17, 15) is 14.4 Å². The molecule has 0 unspecified atom stereocenters. The fraction of sp³-hybridized carbons (Fsp3) is 0.435. The second kappa shape index (κ2) is 6.43. The van der Waals surface area contributed by atoms with E-state index < -0.39 is 5.97 Å². The SMILES string of the molecule is COC(=O)c1ccc(N2C(=O)[C@@H]3[C@@H](C2=O)[C@H]2C=C[C@H]3C2=C2CCCCC2)cc1. The molecular formula is C23H23NO4. The van der Waals surface area contributed by atoms with E-state index in [1.807, 2.05) is 0 Å². The largest absolute Gasteiger partial charge is 0.465 e. The fourth-order valence-electron chi connectivity index (χ4n) is 5.62. The summed E-state index contributed by atoms with van der Waals surface area (Å²) in [5.74, 6) is -1.02. The third kappa shape index (κ3) is 2.35. The highest BCUT2D eigenvalue weighted by molar-refractivity contribution is 6.23. The number of methoxy groups -OCH3 is 1. The second-order valence-electron chi connectivity index (χ2n) is 8.16. The first-order chi connectivity index (χ1) is 13.6. The van der Waals surface area contributed by atoms with Crippen LogP contribution in [-0.2, 0) is 14.3 Å². The Balaban J connectivity index is 1.46. The molecule has 5 heteroatoms. The van der Waals surface area contributed by atoms with E-state index in [1.165, 1.54) is 42.4 Å². The first-order valence-corrected chi connectivity index (χ1v) is 10.1. The molecule has 4 aliphatic rings. The number of imide groups is 1. The number of nitrogens with zero attached hydrogens (tertiary/aromatic N) is 1. The molecule has 3 aliphatic carbocycles. The van der Waals surface area contributed by atoms with E-state index in [2.05, 4.69) is 12.2 Å². The molecule has 1 aliphatic heterocycles. The summed E-state index contributed by atoms with van der Waals surface area (Å²) < 4.78 is 4.71. The highest BCUT2D eigenvalue weighted by Crippen LogP contribution is 2.58. The van der Waals surface area contributed by atoms with Crippen molar-refractivity contribution in [3.63, 3.8) is 0 Å². The van der Waals surface area contributed by atoms with Crippen LogP contribution in [0.15, 0.2) is 47.6 Å². The summed E-state index contributed by atoms with van der Waals surface area (Å²) in [6.07, 6.45) is 10.2. The lowest BCUT2D eigenvalue weighted by Crippen LogP contribution is -2.33. The number of allylic oxidation sites excluding steroid dienone is 4. The molecule has 2 bridgehead atoms. The lowest BCUT2D eigenvalue weighted by molar-refractivity contribution is -0.122. The van der Waals surface area contributed by atoms with Crippen molar-refractivity contribution >= 4 is 23.5 Å². The second-order valence-corrected chi connectivity index (χ2v) is 8.16. The summed E-state index contributed by atoms with van der Waals surface area (Å²) in [4.78, 5) is 39.5. The Hall–Kier alpha value is -2.69. The van der Waals surface area contributed by atoms with E-state index in [1.54, 1.807) is 24.3 Å². The van der Waals surface area contributed by atoms with Gasteiger partial charge in [-0.3, -0.25) is 9.59 Å². The molecular weight excluding hydrogens is 354 g/mol. The summed E-state index contributed by atoms with van der Waals surface area (Å²) in [5, 5.41) is 0. The zero-order valence-corrected chi connectivity index (χ0v) is 15.9. The number of amides is 2. The van der Waals surface area contributed by atoms with Crippen molar-refractivity contribution in [3.05, 3.63) is 53.1 Å². The molecule has 0 N–H and O–H groups in total. The summed E-state index contributed by atoms with van der Waals surface area (Å²) in [6, 6.07) is 6.49. The monoisotopic (exact) mass is 377 g/mol. The highest BCUT2D eigenvalue weighted by Gasteiger charge is 2.62. The minimum atomic E-state index is -0.437. The average molecular weight is 377 g/mol. The predicted molar refractivity (Wildman–Crippen MR) is 103 cm³/mol. The zero-order valence-electron chi connectivity index (χ0n) is 15.9. The van der Waals surface area contributed by atoms with E-state index in [-0.39, 0.29) is 35.5 Å². The molecule has 144 valence electrons. The van der Waals surface area contributed by atoms with Crippen LogP contribution in [0.5, 0.6) is 0 Å². The highest BCUT2D eigenvalue weighted by atomic mass is 16.5. The molecule has 5 rings (SSSR count). The van der Waals surface area contributed by atoms with Crippen molar-refractivity contribution in [1.82, 2.24) is 0 Å². The molecule has 1 aromatic carbocycles. The summed E-state index contributed by atoms with van der Waals surface area (Å²) in [7, 11) is 1.33. The van der Waals surface area contributed by atoms with Gasteiger partial charge in [-0.25, -0.2) is 9.69 Å². The average Bonchev–Trinajstić information content (AvgIpc) is 3.38. The first kappa shape index (κ1) is 17.4. The first-order valence-electron chi connectivity index (χ1n) is 10.1. The number of carbonyl (C=O) groups is 3. The molecule has 28 heavy (non-hydrogen) atoms. The number of esters is 1. The van der Waals surface area contributed by atoms with Gasteiger partial charge in [-0.1, -0.05) is 29.7 Å². The molecule has 0 radical (unpaired) electrons. The number of hydrogen-bond donors (Lipinski definition) is 0. The van der Waals surface area contributed by atoms with Crippen LogP contribution in [0, 0.1) is 23.7 Å². The number of anilines is 1. The molecule has 1 heterocycles. The fourth-order valence-corrected chi connectivity index (χ4v) is 5.62. The van der Waals surface area contributed by atoms with Gasteiger partial charge in [0.25, 0.3) is 0 Å². The van der Waals surface area contributed by atoms with Crippen LogP contribution >= 0.6 is 0 Å². The Labute approximate surface area is 164 Å². The number of hydrogen-bond acceptors (Lipinski definition) is 4. The van der Waals surface area contributed by atoms with Crippen molar-refractivity contribution in [1.29, 1.82) is 0 Å². The predicted octanol–water partition coefficient (Wildman–Crippen LogP) is 3.66. The molecule has 0 spiro atoms. The van der Waals surface area contributed by atoms with Gasteiger partial charge in [0.1, 0.15) is 0 Å². The van der Waals surface area contributed by atoms with Gasteiger partial charge in [0.15, 0.2) is 0 Å². The topological polar surface area (TPSA) is 63.7 Å². The van der Waals surface area contributed by atoms with Gasteiger partial charge in [-0.15, -0.1) is 0 Å². The van der Waals surface area contributed by atoms with Crippen LogP contribution in [0.25, 0.3) is 0 Å². The van der Waals surface area contributed by atoms with Gasteiger partial charge in [0.05, 0.1) is 30.2 Å². The van der Waals surface area contributed by atoms with Crippen molar-refractivity contribution < 1.29 is 19.1 Å². The molecule has 4 atom stereocenters. The van der Waals surface area contributed by atoms with Crippen molar-refractivity contribution in [2.75, 3.05) is 12.0 Å². The van der Waals surface area contributed by atoms with Crippen LogP contribution in [-0.4, -0.2) is 24.9 Å². The minimum absolute atomic E-state index is 0.0823. The zero-order chi connectivity index (χ0) is 19.4. The van der Waals surface area contributed by atoms with Gasteiger partial charge < -0.3 is 4.74 Å². The Bertz CT molecular complexity index is 884. The van der Waals surface area contributed by atoms with E-state index in [0.29, 0.717) is 11.3 Å². The smallest absolute Gasteiger partial charge is 0.337 e.